The van der Waals surface area contributed by atoms with Crippen LogP contribution in [0.1, 0.15) is 59.2 Å². The molecular weight excluding hydrogens is 486 g/mol. The zero-order valence-corrected chi connectivity index (χ0v) is 18.8. The average Bonchev–Trinajstić information content (AvgIpc) is 3.56. The van der Waals surface area contributed by atoms with Crippen molar-refractivity contribution in [3.8, 4) is 0 Å². The van der Waals surface area contributed by atoms with Crippen molar-refractivity contribution >= 4 is 22.3 Å². The molecule has 188 valence electrons. The molecule has 1 fully saturated rings. The molecule has 0 spiro atoms. The van der Waals surface area contributed by atoms with Gasteiger partial charge in [-0.05, 0) is 35.9 Å². The molecule has 0 bridgehead atoms. The highest BCUT2D eigenvalue weighted by Crippen LogP contribution is 2.50. The van der Waals surface area contributed by atoms with Gasteiger partial charge in [0, 0.05) is 47.3 Å². The predicted octanol–water partition coefficient (Wildman–Crippen LogP) is 7.21. The third-order valence-corrected chi connectivity index (χ3v) is 6.75. The van der Waals surface area contributed by atoms with Crippen LogP contribution in [0.2, 0.25) is 0 Å². The van der Waals surface area contributed by atoms with Gasteiger partial charge in [-0.1, -0.05) is 42.3 Å². The van der Waals surface area contributed by atoms with E-state index in [1.165, 1.54) is 24.5 Å². The monoisotopic (exact) mass is 506 g/mol. The van der Waals surface area contributed by atoms with Gasteiger partial charge in [0.1, 0.15) is 0 Å². The zero-order valence-electron chi connectivity index (χ0n) is 18.8. The standard InChI is InChI=1S/C26H20F6N2O2/c27-25(28,29)17-3-1-2-16(12-17)24(26(30,31)32)13-22(34-36-24)19-7-8-20(21-14-33-11-10-18(19)21)23(35)9-6-15-4-5-15/h1-3,7-8,10-12,14-15H,4-6,9,13H2. The van der Waals surface area contributed by atoms with Crippen LogP contribution in [-0.4, -0.2) is 22.7 Å². The maximum atomic E-state index is 14.3. The maximum Gasteiger partial charge on any atom is 0.435 e. The van der Waals surface area contributed by atoms with Gasteiger partial charge in [0.15, 0.2) is 5.78 Å². The Bertz CT molecular complexity index is 1360. The summed E-state index contributed by atoms with van der Waals surface area (Å²) in [6.07, 6.45) is -4.41. The molecule has 1 aliphatic carbocycles. The first-order valence-electron chi connectivity index (χ1n) is 11.4. The number of benzene rings is 2. The molecule has 0 amide bonds. The van der Waals surface area contributed by atoms with Gasteiger partial charge in [-0.3, -0.25) is 9.78 Å². The molecule has 36 heavy (non-hydrogen) atoms. The maximum absolute atomic E-state index is 14.3. The molecule has 1 aliphatic heterocycles. The van der Waals surface area contributed by atoms with E-state index in [2.05, 4.69) is 10.1 Å². The van der Waals surface area contributed by atoms with Crippen LogP contribution < -0.4 is 0 Å². The summed E-state index contributed by atoms with van der Waals surface area (Å²) in [5, 5.41) is 4.64. The molecule has 3 aromatic rings. The fourth-order valence-corrected chi connectivity index (χ4v) is 4.56. The summed E-state index contributed by atoms with van der Waals surface area (Å²) in [6, 6.07) is 7.62. The van der Waals surface area contributed by atoms with Crippen molar-refractivity contribution in [2.75, 3.05) is 0 Å². The normalized spacial score (nSPS) is 20.3. The number of carbonyl (C=O) groups is 1. The molecule has 1 unspecified atom stereocenters. The van der Waals surface area contributed by atoms with E-state index in [-0.39, 0.29) is 11.5 Å². The van der Waals surface area contributed by atoms with E-state index >= 15 is 0 Å². The summed E-state index contributed by atoms with van der Waals surface area (Å²) in [4.78, 5) is 21.8. The molecule has 0 radical (unpaired) electrons. The minimum atomic E-state index is -5.06. The molecular formula is C26H20F6N2O2. The zero-order chi connectivity index (χ0) is 25.7. The molecule has 2 aromatic carbocycles. The van der Waals surface area contributed by atoms with Crippen molar-refractivity contribution in [2.45, 2.75) is 50.1 Å². The SMILES string of the molecule is O=C(CCC1CC1)c1ccc(C2=NOC(c3cccc(C(F)(F)F)c3)(C(F)(F)F)C2)c2ccncc12. The molecule has 2 aliphatic rings. The van der Waals surface area contributed by atoms with Gasteiger partial charge < -0.3 is 4.84 Å². The second-order valence-corrected chi connectivity index (χ2v) is 9.20. The van der Waals surface area contributed by atoms with Crippen LogP contribution in [0.5, 0.6) is 0 Å². The molecule has 4 nitrogen and oxygen atoms in total. The lowest BCUT2D eigenvalue weighted by Gasteiger charge is -2.30. The topological polar surface area (TPSA) is 51.5 Å². The Morgan fingerprint density at radius 1 is 1.03 bits per heavy atom. The molecule has 1 saturated carbocycles. The van der Waals surface area contributed by atoms with Gasteiger partial charge in [0.05, 0.1) is 11.3 Å². The summed E-state index contributed by atoms with van der Waals surface area (Å²) in [5.41, 5.74) is -4.36. The number of rotatable bonds is 6. The van der Waals surface area contributed by atoms with Crippen LogP contribution in [0, 0.1) is 5.92 Å². The lowest BCUT2D eigenvalue weighted by Crippen LogP contribution is -2.42. The van der Waals surface area contributed by atoms with Crippen molar-refractivity contribution < 1.29 is 36.0 Å². The Labute approximate surface area is 202 Å². The summed E-state index contributed by atoms with van der Waals surface area (Å²) < 4.78 is 82.6. The summed E-state index contributed by atoms with van der Waals surface area (Å²) in [6.45, 7) is 0. The number of fused-ring (bicyclic) bond motifs is 1. The number of oxime groups is 1. The van der Waals surface area contributed by atoms with E-state index in [4.69, 9.17) is 4.84 Å². The highest BCUT2D eigenvalue weighted by Gasteiger charge is 2.62. The van der Waals surface area contributed by atoms with Crippen molar-refractivity contribution in [2.24, 2.45) is 11.1 Å². The summed E-state index contributed by atoms with van der Waals surface area (Å²) in [7, 11) is 0. The first-order chi connectivity index (χ1) is 17.0. The van der Waals surface area contributed by atoms with E-state index in [0.29, 0.717) is 46.4 Å². The Morgan fingerprint density at radius 3 is 2.50 bits per heavy atom. The Hall–Kier alpha value is -3.43. The van der Waals surface area contributed by atoms with Crippen LogP contribution in [-0.2, 0) is 16.6 Å². The fourth-order valence-electron chi connectivity index (χ4n) is 4.56. The van der Waals surface area contributed by atoms with E-state index in [1.807, 2.05) is 0 Å². The molecule has 5 rings (SSSR count). The van der Waals surface area contributed by atoms with Gasteiger partial charge in [0.25, 0.3) is 5.60 Å². The quantitative estimate of drug-likeness (QED) is 0.262. The molecule has 1 aromatic heterocycles. The van der Waals surface area contributed by atoms with E-state index in [1.54, 1.807) is 6.07 Å². The van der Waals surface area contributed by atoms with Gasteiger partial charge in [-0.15, -0.1) is 0 Å². The van der Waals surface area contributed by atoms with Gasteiger partial charge >= 0.3 is 12.4 Å². The highest BCUT2D eigenvalue weighted by molar-refractivity contribution is 6.16. The lowest BCUT2D eigenvalue weighted by molar-refractivity contribution is -0.276. The largest absolute Gasteiger partial charge is 0.435 e. The Balaban J connectivity index is 1.52. The third-order valence-electron chi connectivity index (χ3n) is 6.75. The van der Waals surface area contributed by atoms with Gasteiger partial charge in [-0.25, -0.2) is 0 Å². The third kappa shape index (κ3) is 4.33. The van der Waals surface area contributed by atoms with Crippen LogP contribution in [0.25, 0.3) is 10.8 Å². The van der Waals surface area contributed by atoms with Crippen LogP contribution >= 0.6 is 0 Å². The second-order valence-electron chi connectivity index (χ2n) is 9.20. The molecule has 10 heteroatoms. The second kappa shape index (κ2) is 8.60. The smallest absolute Gasteiger partial charge is 0.374 e. The molecule has 0 N–H and O–H groups in total. The number of aromatic nitrogens is 1. The number of pyridine rings is 1. The van der Waals surface area contributed by atoms with Crippen molar-refractivity contribution in [1.82, 2.24) is 4.98 Å². The number of carbonyl (C=O) groups excluding carboxylic acids is 1. The van der Waals surface area contributed by atoms with E-state index in [0.717, 1.165) is 31.4 Å². The first-order valence-corrected chi connectivity index (χ1v) is 11.4. The average molecular weight is 506 g/mol. The van der Waals surface area contributed by atoms with Crippen molar-refractivity contribution in [3.63, 3.8) is 0 Å². The molecule has 0 saturated heterocycles. The number of Topliss-reactive ketones (excluding diaryl/α,β-unsaturated/α-hetero) is 1. The highest BCUT2D eigenvalue weighted by atomic mass is 19.4. The lowest BCUT2D eigenvalue weighted by atomic mass is 9.84. The minimum absolute atomic E-state index is 0.0790. The number of halogens is 6. The van der Waals surface area contributed by atoms with Crippen molar-refractivity contribution in [3.05, 3.63) is 77.1 Å². The number of ketones is 1. The van der Waals surface area contributed by atoms with Crippen LogP contribution in [0.15, 0.2) is 60.0 Å². The van der Waals surface area contributed by atoms with Gasteiger partial charge in [0.2, 0.25) is 0 Å². The first kappa shape index (κ1) is 24.3. The minimum Gasteiger partial charge on any atom is -0.374 e. The number of hydrogen-bond acceptors (Lipinski definition) is 4. The molecule has 1 atom stereocenters. The Morgan fingerprint density at radius 2 is 1.81 bits per heavy atom. The van der Waals surface area contributed by atoms with Crippen molar-refractivity contribution in [1.29, 1.82) is 0 Å². The number of nitrogens with zero attached hydrogens (tertiary/aromatic N) is 2. The summed E-state index contributed by atoms with van der Waals surface area (Å²) in [5.74, 6) is 0.485. The number of alkyl halides is 6. The molecule has 2 heterocycles. The van der Waals surface area contributed by atoms with E-state index in [9.17, 15) is 31.1 Å². The predicted molar refractivity (Wildman–Crippen MR) is 119 cm³/mol. The van der Waals surface area contributed by atoms with E-state index < -0.39 is 35.5 Å². The number of hydrogen-bond donors (Lipinski definition) is 0. The van der Waals surface area contributed by atoms with Gasteiger partial charge in [-0.2, -0.15) is 26.3 Å². The fraction of sp³-hybridized carbons (Fsp3) is 0.346. The summed E-state index contributed by atoms with van der Waals surface area (Å²) >= 11 is 0. The van der Waals surface area contributed by atoms with Crippen LogP contribution in [0.3, 0.4) is 0 Å². The Kier molecular flexibility index (Phi) is 5.80. The van der Waals surface area contributed by atoms with Crippen LogP contribution in [0.4, 0.5) is 26.3 Å².